The van der Waals surface area contributed by atoms with Gasteiger partial charge >= 0.3 is 0 Å². The zero-order chi connectivity index (χ0) is 13.4. The van der Waals surface area contributed by atoms with Crippen molar-refractivity contribution in [1.82, 2.24) is 0 Å². The summed E-state index contributed by atoms with van der Waals surface area (Å²) in [5.41, 5.74) is 0.652. The molecule has 3 aromatic rings. The molecule has 0 aliphatic rings. The molecule has 2 aromatic carbocycles. The van der Waals surface area contributed by atoms with Crippen molar-refractivity contribution in [3.8, 4) is 0 Å². The number of alkyl halides is 1. The highest BCUT2D eigenvalue weighted by molar-refractivity contribution is 7.17. The topological polar surface area (TPSA) is 0 Å². The number of hydrogen-bond acceptors (Lipinski definition) is 1. The first-order valence-corrected chi connectivity index (χ1v) is 7.04. The first kappa shape index (κ1) is 12.6. The van der Waals surface area contributed by atoms with Crippen LogP contribution in [0.1, 0.15) is 16.5 Å². The van der Waals surface area contributed by atoms with Gasteiger partial charge in [-0.2, -0.15) is 0 Å². The molecule has 3 rings (SSSR count). The third kappa shape index (κ3) is 2.13. The van der Waals surface area contributed by atoms with Gasteiger partial charge in [0.05, 0.1) is 5.38 Å². The van der Waals surface area contributed by atoms with Gasteiger partial charge in [0, 0.05) is 10.3 Å². The van der Waals surface area contributed by atoms with Crippen LogP contribution in [-0.4, -0.2) is 0 Å². The van der Waals surface area contributed by atoms with Crippen molar-refractivity contribution >= 4 is 33.0 Å². The summed E-state index contributed by atoms with van der Waals surface area (Å²) in [4.78, 5) is 0. The van der Waals surface area contributed by atoms with Crippen LogP contribution < -0.4 is 0 Å². The zero-order valence-corrected chi connectivity index (χ0v) is 11.3. The van der Waals surface area contributed by atoms with Crippen molar-refractivity contribution < 1.29 is 8.78 Å². The molecule has 0 saturated heterocycles. The summed E-state index contributed by atoms with van der Waals surface area (Å²) < 4.78 is 28.6. The molecule has 0 saturated carbocycles. The van der Waals surface area contributed by atoms with Gasteiger partial charge in [0.2, 0.25) is 0 Å². The third-order valence-corrected chi connectivity index (χ3v) is 4.47. The van der Waals surface area contributed by atoms with E-state index < -0.39 is 17.0 Å². The Balaban J connectivity index is 2.16. The van der Waals surface area contributed by atoms with E-state index in [9.17, 15) is 8.78 Å². The largest absolute Gasteiger partial charge is 0.207 e. The SMILES string of the molecule is Fc1cccc(F)c1C(Cl)c1csc2ccccc12. The molecule has 0 amide bonds. The van der Waals surface area contributed by atoms with Crippen molar-refractivity contribution in [2.75, 3.05) is 0 Å². The highest BCUT2D eigenvalue weighted by Gasteiger charge is 2.22. The molecule has 0 aliphatic carbocycles. The minimum atomic E-state index is -0.822. The molecule has 1 atom stereocenters. The van der Waals surface area contributed by atoms with Crippen molar-refractivity contribution in [3.63, 3.8) is 0 Å². The van der Waals surface area contributed by atoms with E-state index in [1.54, 1.807) is 0 Å². The van der Waals surface area contributed by atoms with E-state index in [4.69, 9.17) is 11.6 Å². The molecular weight excluding hydrogens is 286 g/mol. The molecule has 0 N–H and O–H groups in total. The van der Waals surface area contributed by atoms with E-state index in [0.717, 1.165) is 15.6 Å². The molecule has 0 bridgehead atoms. The van der Waals surface area contributed by atoms with Gasteiger partial charge in [0.1, 0.15) is 11.6 Å². The third-order valence-electron chi connectivity index (χ3n) is 3.04. The van der Waals surface area contributed by atoms with Gasteiger partial charge in [-0.3, -0.25) is 0 Å². The molecule has 0 fully saturated rings. The fraction of sp³-hybridized carbons (Fsp3) is 0.0667. The van der Waals surface area contributed by atoms with E-state index in [-0.39, 0.29) is 5.56 Å². The van der Waals surface area contributed by atoms with E-state index in [0.29, 0.717) is 0 Å². The van der Waals surface area contributed by atoms with Gasteiger partial charge in [-0.25, -0.2) is 8.78 Å². The Bertz CT molecular complexity index is 716. The Morgan fingerprint density at radius 2 is 1.63 bits per heavy atom. The van der Waals surface area contributed by atoms with E-state index >= 15 is 0 Å². The van der Waals surface area contributed by atoms with Crippen molar-refractivity contribution in [1.29, 1.82) is 0 Å². The number of thiophene rings is 1. The molecule has 0 radical (unpaired) electrons. The predicted octanol–water partition coefficient (Wildman–Crippen LogP) is 5.51. The summed E-state index contributed by atoms with van der Waals surface area (Å²) >= 11 is 7.81. The van der Waals surface area contributed by atoms with Crippen molar-refractivity contribution in [2.45, 2.75) is 5.38 Å². The molecule has 1 aromatic heterocycles. The Labute approximate surface area is 118 Å². The standard InChI is InChI=1S/C15H9ClF2S/c16-15(14-11(17)5-3-6-12(14)18)10-8-19-13-7-2-1-4-9(10)13/h1-8,15H. The monoisotopic (exact) mass is 294 g/mol. The van der Waals surface area contributed by atoms with Crippen LogP contribution in [0.5, 0.6) is 0 Å². The molecule has 0 aliphatic heterocycles. The lowest BCUT2D eigenvalue weighted by Crippen LogP contribution is -2.00. The van der Waals surface area contributed by atoms with Gasteiger partial charge < -0.3 is 0 Å². The van der Waals surface area contributed by atoms with E-state index in [1.807, 2.05) is 29.6 Å². The van der Waals surface area contributed by atoms with Gasteiger partial charge in [-0.15, -0.1) is 22.9 Å². The van der Waals surface area contributed by atoms with Crippen LogP contribution in [0, 0.1) is 11.6 Å². The minimum Gasteiger partial charge on any atom is -0.207 e. The van der Waals surface area contributed by atoms with Gasteiger partial charge in [-0.1, -0.05) is 24.3 Å². The van der Waals surface area contributed by atoms with E-state index in [1.165, 1.54) is 29.5 Å². The van der Waals surface area contributed by atoms with E-state index in [2.05, 4.69) is 0 Å². The fourth-order valence-corrected chi connectivity index (χ4v) is 3.55. The van der Waals surface area contributed by atoms with Crippen LogP contribution in [0.3, 0.4) is 0 Å². The Morgan fingerprint density at radius 3 is 2.37 bits per heavy atom. The summed E-state index contributed by atoms with van der Waals surface area (Å²) in [6.45, 7) is 0. The number of halogens is 3. The van der Waals surface area contributed by atoms with Crippen LogP contribution in [0.2, 0.25) is 0 Å². The summed E-state index contributed by atoms with van der Waals surface area (Å²) in [6, 6.07) is 11.5. The Morgan fingerprint density at radius 1 is 0.947 bits per heavy atom. The van der Waals surface area contributed by atoms with Gasteiger partial charge in [0.15, 0.2) is 0 Å². The first-order valence-electron chi connectivity index (χ1n) is 5.72. The van der Waals surface area contributed by atoms with Crippen molar-refractivity contribution in [2.24, 2.45) is 0 Å². The summed E-state index contributed by atoms with van der Waals surface area (Å²) in [5, 5.41) is 1.97. The average Bonchev–Trinajstić information content (AvgIpc) is 2.82. The number of rotatable bonds is 2. The normalized spacial score (nSPS) is 12.8. The first-order chi connectivity index (χ1) is 9.18. The lowest BCUT2D eigenvalue weighted by atomic mass is 10.0. The molecule has 96 valence electrons. The molecule has 19 heavy (non-hydrogen) atoms. The van der Waals surface area contributed by atoms with Crippen molar-refractivity contribution in [3.05, 3.63) is 70.6 Å². The summed E-state index contributed by atoms with van der Waals surface area (Å²) in [6.07, 6.45) is 0. The average molecular weight is 295 g/mol. The maximum Gasteiger partial charge on any atom is 0.131 e. The lowest BCUT2D eigenvalue weighted by Gasteiger charge is -2.11. The molecule has 1 unspecified atom stereocenters. The molecule has 4 heteroatoms. The second kappa shape index (κ2) is 4.91. The smallest absolute Gasteiger partial charge is 0.131 e. The molecule has 1 heterocycles. The maximum absolute atomic E-state index is 13.8. The Hall–Kier alpha value is -1.45. The van der Waals surface area contributed by atoms with Crippen LogP contribution in [0.15, 0.2) is 47.8 Å². The predicted molar refractivity (Wildman–Crippen MR) is 75.9 cm³/mol. The maximum atomic E-state index is 13.8. The van der Waals surface area contributed by atoms with Crippen LogP contribution in [-0.2, 0) is 0 Å². The fourth-order valence-electron chi connectivity index (χ4n) is 2.10. The number of fused-ring (bicyclic) bond motifs is 1. The van der Waals surface area contributed by atoms with Gasteiger partial charge in [-0.05, 0) is 34.5 Å². The number of hydrogen-bond donors (Lipinski definition) is 0. The second-order valence-corrected chi connectivity index (χ2v) is 5.53. The minimum absolute atomic E-state index is 0.0901. The molecule has 0 spiro atoms. The Kier molecular flexibility index (Phi) is 3.25. The number of benzene rings is 2. The molecular formula is C15H9ClF2S. The lowest BCUT2D eigenvalue weighted by molar-refractivity contribution is 0.559. The highest BCUT2D eigenvalue weighted by Crippen LogP contribution is 2.39. The zero-order valence-electron chi connectivity index (χ0n) is 9.74. The molecule has 0 nitrogen and oxygen atoms in total. The van der Waals surface area contributed by atoms with Crippen LogP contribution in [0.25, 0.3) is 10.1 Å². The second-order valence-electron chi connectivity index (χ2n) is 4.19. The quantitative estimate of drug-likeness (QED) is 0.547. The van der Waals surface area contributed by atoms with Crippen LogP contribution in [0.4, 0.5) is 8.78 Å². The van der Waals surface area contributed by atoms with Crippen LogP contribution >= 0.6 is 22.9 Å². The summed E-state index contributed by atoms with van der Waals surface area (Å²) in [7, 11) is 0. The summed E-state index contributed by atoms with van der Waals surface area (Å²) in [5.74, 6) is -1.23. The highest BCUT2D eigenvalue weighted by atomic mass is 35.5. The van der Waals surface area contributed by atoms with Gasteiger partial charge in [0.25, 0.3) is 0 Å².